The second kappa shape index (κ2) is 6.93. The molecule has 0 radical (unpaired) electrons. The molecular formula is C21H22N4. The Balaban J connectivity index is 1.81. The maximum atomic E-state index is 4.85. The van der Waals surface area contributed by atoms with Crippen LogP contribution in [0.25, 0.3) is 21.9 Å². The molecule has 2 heterocycles. The molecule has 0 aliphatic carbocycles. The highest BCUT2D eigenvalue weighted by molar-refractivity contribution is 6.02. The van der Waals surface area contributed by atoms with Crippen LogP contribution in [0.5, 0.6) is 0 Å². The fraction of sp³-hybridized carbons (Fsp3) is 0.238. The lowest BCUT2D eigenvalue weighted by Gasteiger charge is -2.13. The van der Waals surface area contributed by atoms with E-state index in [4.69, 9.17) is 4.98 Å². The number of nitrogens with zero attached hydrogens (tertiary/aromatic N) is 3. The molecule has 0 bridgehead atoms. The zero-order valence-corrected chi connectivity index (χ0v) is 14.4. The summed E-state index contributed by atoms with van der Waals surface area (Å²) < 4.78 is 2.17. The maximum absolute atomic E-state index is 4.85. The molecule has 2 aromatic heterocycles. The molecule has 4 heteroatoms. The van der Waals surface area contributed by atoms with Crippen molar-refractivity contribution in [1.29, 1.82) is 0 Å². The topological polar surface area (TPSA) is 42.7 Å². The molecule has 1 N–H and O–H groups in total. The molecule has 2 aromatic carbocycles. The lowest BCUT2D eigenvalue weighted by atomic mass is 10.2. The first-order chi connectivity index (χ1) is 12.4. The number of hydrogen-bond acceptors (Lipinski definition) is 3. The fourth-order valence-electron chi connectivity index (χ4n) is 3.19. The van der Waals surface area contributed by atoms with Crippen LogP contribution in [0.3, 0.4) is 0 Å². The van der Waals surface area contributed by atoms with Crippen LogP contribution in [0.15, 0.2) is 60.8 Å². The van der Waals surface area contributed by atoms with E-state index in [9.17, 15) is 0 Å². The van der Waals surface area contributed by atoms with Gasteiger partial charge in [0.1, 0.15) is 16.9 Å². The Hall–Kier alpha value is -2.88. The van der Waals surface area contributed by atoms with E-state index in [1.54, 1.807) is 0 Å². The van der Waals surface area contributed by atoms with Crippen molar-refractivity contribution >= 4 is 21.9 Å². The lowest BCUT2D eigenvalue weighted by Crippen LogP contribution is -2.17. The van der Waals surface area contributed by atoms with Crippen LogP contribution in [0.2, 0.25) is 0 Å². The molecule has 0 unspecified atom stereocenters. The van der Waals surface area contributed by atoms with Gasteiger partial charge in [-0.25, -0.2) is 9.66 Å². The number of pyridine rings is 1. The molecule has 4 rings (SSSR count). The number of imidazole rings is 1. The van der Waals surface area contributed by atoms with Gasteiger partial charge in [-0.05, 0) is 18.1 Å². The molecule has 0 aliphatic heterocycles. The highest BCUT2D eigenvalue weighted by atomic mass is 15.4. The summed E-state index contributed by atoms with van der Waals surface area (Å²) in [5.41, 5.74) is 7.90. The van der Waals surface area contributed by atoms with Crippen molar-refractivity contribution < 1.29 is 0 Å². The van der Waals surface area contributed by atoms with Crippen molar-refractivity contribution in [3.05, 3.63) is 72.2 Å². The highest BCUT2D eigenvalue weighted by Gasteiger charge is 2.14. The second-order valence-electron chi connectivity index (χ2n) is 6.30. The van der Waals surface area contributed by atoms with E-state index in [-0.39, 0.29) is 0 Å². The Kier molecular flexibility index (Phi) is 4.34. The molecule has 0 atom stereocenters. The van der Waals surface area contributed by atoms with E-state index in [1.807, 2.05) is 18.3 Å². The SMILES string of the molecule is CCCCc1nc2cnc3ccccc3c2n1NCc1ccccc1. The van der Waals surface area contributed by atoms with Crippen molar-refractivity contribution in [3.63, 3.8) is 0 Å². The van der Waals surface area contributed by atoms with Gasteiger partial charge in [0.15, 0.2) is 0 Å². The predicted molar refractivity (Wildman–Crippen MR) is 103 cm³/mol. The van der Waals surface area contributed by atoms with Gasteiger partial charge in [0, 0.05) is 11.8 Å². The molecular weight excluding hydrogens is 308 g/mol. The van der Waals surface area contributed by atoms with Gasteiger partial charge in [-0.1, -0.05) is 61.9 Å². The van der Waals surface area contributed by atoms with Crippen LogP contribution in [0.1, 0.15) is 31.2 Å². The van der Waals surface area contributed by atoms with Gasteiger partial charge in [-0.15, -0.1) is 0 Å². The Morgan fingerprint density at radius 2 is 1.76 bits per heavy atom. The van der Waals surface area contributed by atoms with E-state index >= 15 is 0 Å². The van der Waals surface area contributed by atoms with Crippen LogP contribution >= 0.6 is 0 Å². The number of para-hydroxylation sites is 1. The molecule has 0 saturated heterocycles. The average Bonchev–Trinajstić information content (AvgIpc) is 3.03. The monoisotopic (exact) mass is 330 g/mol. The zero-order valence-electron chi connectivity index (χ0n) is 14.4. The normalized spacial score (nSPS) is 11.2. The number of fused-ring (bicyclic) bond motifs is 3. The predicted octanol–water partition coefficient (Wildman–Crippen LogP) is 4.67. The van der Waals surface area contributed by atoms with Gasteiger partial charge in [0.25, 0.3) is 0 Å². The minimum absolute atomic E-state index is 0.766. The smallest absolute Gasteiger partial charge is 0.128 e. The molecule has 0 fully saturated rings. The Morgan fingerprint density at radius 3 is 2.60 bits per heavy atom. The second-order valence-corrected chi connectivity index (χ2v) is 6.30. The third kappa shape index (κ3) is 3.07. The van der Waals surface area contributed by atoms with Crippen molar-refractivity contribution in [2.75, 3.05) is 5.43 Å². The largest absolute Gasteiger partial charge is 0.320 e. The maximum Gasteiger partial charge on any atom is 0.128 e. The van der Waals surface area contributed by atoms with Gasteiger partial charge in [-0.2, -0.15) is 0 Å². The number of unbranched alkanes of at least 4 members (excludes halogenated alkanes) is 1. The first-order valence-electron chi connectivity index (χ1n) is 8.89. The van der Waals surface area contributed by atoms with Crippen molar-refractivity contribution in [1.82, 2.24) is 14.6 Å². The first-order valence-corrected chi connectivity index (χ1v) is 8.89. The molecule has 0 spiro atoms. The van der Waals surface area contributed by atoms with E-state index in [2.05, 4.69) is 64.5 Å². The first kappa shape index (κ1) is 15.6. The van der Waals surface area contributed by atoms with Crippen LogP contribution in [-0.4, -0.2) is 14.6 Å². The lowest BCUT2D eigenvalue weighted by molar-refractivity contribution is 0.710. The van der Waals surface area contributed by atoms with Crippen LogP contribution in [-0.2, 0) is 13.0 Å². The Bertz CT molecular complexity index is 989. The average molecular weight is 330 g/mol. The van der Waals surface area contributed by atoms with Gasteiger partial charge >= 0.3 is 0 Å². The number of aryl methyl sites for hydroxylation is 1. The number of hydrogen-bond donors (Lipinski definition) is 1. The summed E-state index contributed by atoms with van der Waals surface area (Å²) >= 11 is 0. The van der Waals surface area contributed by atoms with E-state index in [1.165, 1.54) is 5.56 Å². The van der Waals surface area contributed by atoms with Gasteiger partial charge < -0.3 is 5.43 Å². The fourth-order valence-corrected chi connectivity index (χ4v) is 3.19. The standard InChI is InChI=1S/C21H22N4/c1-2-3-13-20-24-19-15-22-18-12-8-7-11-17(18)21(19)25(20)23-14-16-9-5-4-6-10-16/h4-12,15,23H,2-3,13-14H2,1H3. The molecule has 25 heavy (non-hydrogen) atoms. The van der Waals surface area contributed by atoms with E-state index in [0.717, 1.165) is 53.6 Å². The third-order valence-corrected chi connectivity index (χ3v) is 4.50. The summed E-state index contributed by atoms with van der Waals surface area (Å²) in [5.74, 6) is 1.07. The molecule has 0 aliphatic rings. The van der Waals surface area contributed by atoms with Crippen molar-refractivity contribution in [2.24, 2.45) is 0 Å². The molecule has 0 saturated carbocycles. The Morgan fingerprint density at radius 1 is 0.960 bits per heavy atom. The number of rotatable bonds is 6. The quantitative estimate of drug-likeness (QED) is 0.558. The minimum Gasteiger partial charge on any atom is -0.320 e. The third-order valence-electron chi connectivity index (χ3n) is 4.50. The molecule has 126 valence electrons. The summed E-state index contributed by atoms with van der Waals surface area (Å²) in [4.78, 5) is 9.41. The molecule has 4 aromatic rings. The molecule has 4 nitrogen and oxygen atoms in total. The summed E-state index contributed by atoms with van der Waals surface area (Å²) in [6.07, 6.45) is 5.12. The van der Waals surface area contributed by atoms with Crippen molar-refractivity contribution in [2.45, 2.75) is 32.7 Å². The van der Waals surface area contributed by atoms with Crippen LogP contribution < -0.4 is 5.43 Å². The van der Waals surface area contributed by atoms with Crippen LogP contribution in [0.4, 0.5) is 0 Å². The summed E-state index contributed by atoms with van der Waals surface area (Å²) in [5, 5.41) is 1.14. The van der Waals surface area contributed by atoms with Gasteiger partial charge in [0.2, 0.25) is 0 Å². The van der Waals surface area contributed by atoms with E-state index in [0.29, 0.717) is 0 Å². The van der Waals surface area contributed by atoms with E-state index < -0.39 is 0 Å². The zero-order chi connectivity index (χ0) is 17.1. The summed E-state index contributed by atoms with van der Waals surface area (Å²) in [6.45, 7) is 2.98. The van der Waals surface area contributed by atoms with Crippen molar-refractivity contribution in [3.8, 4) is 0 Å². The molecule has 0 amide bonds. The number of benzene rings is 2. The highest BCUT2D eigenvalue weighted by Crippen LogP contribution is 2.24. The minimum atomic E-state index is 0.766. The number of nitrogens with one attached hydrogen (secondary N) is 1. The van der Waals surface area contributed by atoms with Gasteiger partial charge in [-0.3, -0.25) is 4.98 Å². The Labute approximate surface area is 147 Å². The summed E-state index contributed by atoms with van der Waals surface area (Å²) in [6, 6.07) is 18.7. The number of aromatic nitrogens is 3. The summed E-state index contributed by atoms with van der Waals surface area (Å²) in [7, 11) is 0. The van der Waals surface area contributed by atoms with Gasteiger partial charge in [0.05, 0.1) is 18.3 Å². The van der Waals surface area contributed by atoms with Crippen LogP contribution in [0, 0.1) is 0 Å².